The van der Waals surface area contributed by atoms with Gasteiger partial charge in [0.25, 0.3) is 7.82 Å². The number of fused-ring (bicyclic) bond motifs is 1. The SMILES string of the molecule is C/C(=C\CCC(C)CCOP(=O)([O-])O)COC(=O)C(C)(C)N(C)C(=O)CCCC[C@@H]1SCC2NC(=O)NC21.CCCC(C)CC/C=C(\C)CO.CCCC(C)CCC=C(C)C. The highest BCUT2D eigenvalue weighted by atomic mass is 32.2. The molecule has 0 aliphatic carbocycles. The first kappa shape index (κ1) is 58.9. The molecule has 2 aliphatic rings. The summed E-state index contributed by atoms with van der Waals surface area (Å²) in [6.45, 7) is 22.9. The molecule has 2 fully saturated rings. The van der Waals surface area contributed by atoms with Gasteiger partial charge in [0.2, 0.25) is 5.91 Å². The number of hydrogen-bond donors (Lipinski definition) is 4. The van der Waals surface area contributed by atoms with Crippen LogP contribution in [0.15, 0.2) is 34.9 Å². The molecule has 61 heavy (non-hydrogen) atoms. The summed E-state index contributed by atoms with van der Waals surface area (Å²) in [7, 11) is -3.05. The zero-order valence-electron chi connectivity index (χ0n) is 40.2. The minimum Gasteiger partial charge on any atom is -0.756 e. The normalized spacial score (nSPS) is 20.0. The van der Waals surface area contributed by atoms with Gasteiger partial charge in [0.05, 0.1) is 25.3 Å². The third-order valence-corrected chi connectivity index (χ3v) is 13.4. The average Bonchev–Trinajstić information content (AvgIpc) is 3.73. The van der Waals surface area contributed by atoms with Crippen LogP contribution in [0.2, 0.25) is 0 Å². The van der Waals surface area contributed by atoms with Crippen molar-refractivity contribution >= 4 is 37.5 Å². The number of carbonyl (C=O) groups excluding carboxylic acids is 3. The fraction of sp³-hybridized carbons (Fsp3) is 0.809. The largest absolute Gasteiger partial charge is 0.756 e. The van der Waals surface area contributed by atoms with Crippen molar-refractivity contribution in [2.75, 3.05) is 32.6 Å². The van der Waals surface area contributed by atoms with E-state index in [1.807, 2.05) is 38.6 Å². The number of phosphoric ester groups is 1. The molecule has 2 rings (SSSR count). The first-order valence-electron chi connectivity index (χ1n) is 22.9. The Morgan fingerprint density at radius 3 is 1.97 bits per heavy atom. The number of aliphatic hydroxyl groups excluding tert-OH is 1. The Morgan fingerprint density at radius 1 is 0.902 bits per heavy atom. The maximum Gasteiger partial charge on any atom is 0.331 e. The number of rotatable bonds is 27. The number of thioether (sulfide) groups is 1. The van der Waals surface area contributed by atoms with Crippen molar-refractivity contribution in [2.24, 2.45) is 17.8 Å². The third kappa shape index (κ3) is 28.3. The van der Waals surface area contributed by atoms with Gasteiger partial charge in [-0.1, -0.05) is 96.1 Å². The van der Waals surface area contributed by atoms with Crippen LogP contribution in [0, 0.1) is 17.8 Å². The van der Waals surface area contributed by atoms with Gasteiger partial charge in [0.1, 0.15) is 12.1 Å². The number of carbonyl (C=O) groups is 3. The molecule has 0 bridgehead atoms. The summed E-state index contributed by atoms with van der Waals surface area (Å²) in [5.74, 6) is 2.26. The number of ether oxygens (including phenoxy) is 1. The lowest BCUT2D eigenvalue weighted by Crippen LogP contribution is -2.51. The van der Waals surface area contributed by atoms with Crippen LogP contribution >= 0.6 is 19.6 Å². The van der Waals surface area contributed by atoms with Gasteiger partial charge < -0.3 is 39.7 Å². The topological polar surface area (TPSA) is 178 Å². The van der Waals surface area contributed by atoms with Crippen molar-refractivity contribution in [3.63, 3.8) is 0 Å². The lowest BCUT2D eigenvalue weighted by atomic mass is 10.00. The first-order chi connectivity index (χ1) is 28.6. The molecule has 0 spiro atoms. The minimum absolute atomic E-state index is 0.0576. The number of phosphoric acid groups is 1. The molecule has 4 N–H and O–H groups in total. The average molecular weight is 901 g/mol. The molecule has 0 aromatic rings. The van der Waals surface area contributed by atoms with Crippen LogP contribution < -0.4 is 15.5 Å². The predicted octanol–water partition coefficient (Wildman–Crippen LogP) is 10.0. The Balaban J connectivity index is 0.00000127. The first-order valence-corrected chi connectivity index (χ1v) is 25.5. The van der Waals surface area contributed by atoms with Crippen LogP contribution in [0.1, 0.15) is 172 Å². The van der Waals surface area contributed by atoms with Crippen LogP contribution in [-0.2, 0) is 23.4 Å². The molecule has 356 valence electrons. The number of urea groups is 1. The number of allylic oxidation sites excluding steroid dienone is 4. The molecule has 6 unspecified atom stereocenters. The molecule has 2 aliphatic heterocycles. The van der Waals surface area contributed by atoms with E-state index in [1.54, 1.807) is 20.9 Å². The van der Waals surface area contributed by atoms with Gasteiger partial charge in [-0.05, 0) is 123 Å². The molecule has 3 amide bonds. The standard InChI is InChI=1S/C25H44N3O8PS.C11H22O.C11H22/c1-17(13-14-36-37(32,33)34)9-8-10-18(2)15-35-23(30)25(3,4)28(5)21(29)12-7-6-11-20-22-19(16-38-20)26-24(31)27-22;1-4-6-10(2)7-5-8-11(3)9-12;1-5-7-11(4)9-6-8-10(2)3/h10,17,19-20,22H,6-9,11-16H2,1-5H3,(H2,26,27,31)(H2,32,33,34);8,10,12H,4-7,9H2,1-3H3;8,11H,5-7,9H2,1-4H3/p-1/b18-10+;11-8+;/t17?,19?,20-,22?;;/m0../s1. The second kappa shape index (κ2) is 32.5. The molecule has 2 heterocycles. The van der Waals surface area contributed by atoms with Gasteiger partial charge in [0.15, 0.2) is 0 Å². The lowest BCUT2D eigenvalue weighted by Gasteiger charge is -2.33. The maximum atomic E-state index is 12.8. The fourth-order valence-corrected chi connectivity index (χ4v) is 8.91. The number of nitrogens with one attached hydrogen (secondary N) is 2. The van der Waals surface area contributed by atoms with Gasteiger partial charge in [-0.25, -0.2) is 9.59 Å². The molecule has 0 saturated carbocycles. The summed E-state index contributed by atoms with van der Waals surface area (Å²) in [5, 5.41) is 15.0. The van der Waals surface area contributed by atoms with Crippen molar-refractivity contribution in [1.29, 1.82) is 0 Å². The van der Waals surface area contributed by atoms with Crippen molar-refractivity contribution < 1.29 is 43.1 Å². The number of aliphatic hydroxyl groups is 1. The Hall–Kier alpha value is -2.15. The zero-order valence-corrected chi connectivity index (χ0v) is 41.9. The van der Waals surface area contributed by atoms with Gasteiger partial charge in [-0.2, -0.15) is 11.8 Å². The van der Waals surface area contributed by atoms with E-state index in [0.29, 0.717) is 24.5 Å². The Morgan fingerprint density at radius 2 is 1.44 bits per heavy atom. The van der Waals surface area contributed by atoms with E-state index < -0.39 is 19.3 Å². The van der Waals surface area contributed by atoms with Crippen molar-refractivity contribution in [3.8, 4) is 0 Å². The number of nitrogens with zero attached hydrogens (tertiary/aromatic N) is 1. The molecular formula is C47H87N3O9PS-. The number of esters is 1. The van der Waals surface area contributed by atoms with Crippen LogP contribution in [0.3, 0.4) is 0 Å². The van der Waals surface area contributed by atoms with Crippen LogP contribution in [-0.4, -0.2) is 88.3 Å². The quantitative estimate of drug-likeness (QED) is 0.0204. The van der Waals surface area contributed by atoms with Crippen LogP contribution in [0.4, 0.5) is 4.79 Å². The highest BCUT2D eigenvalue weighted by Crippen LogP contribution is 2.33. The van der Waals surface area contributed by atoms with Crippen molar-refractivity contribution in [2.45, 2.75) is 195 Å². The molecule has 0 aromatic heterocycles. The van der Waals surface area contributed by atoms with E-state index >= 15 is 0 Å². The monoisotopic (exact) mass is 901 g/mol. The summed E-state index contributed by atoms with van der Waals surface area (Å²) >= 11 is 1.86. The summed E-state index contributed by atoms with van der Waals surface area (Å²) in [5.41, 5.74) is 2.33. The Kier molecular flexibility index (Phi) is 31.4. The van der Waals surface area contributed by atoms with E-state index in [9.17, 15) is 23.8 Å². The molecule has 12 nitrogen and oxygen atoms in total. The van der Waals surface area contributed by atoms with E-state index in [1.165, 1.54) is 55.4 Å². The summed E-state index contributed by atoms with van der Waals surface area (Å²) in [6.07, 6.45) is 21.7. The molecule has 2 saturated heterocycles. The van der Waals surface area contributed by atoms with Gasteiger partial charge in [-0.15, -0.1) is 0 Å². The molecular weight excluding hydrogens is 814 g/mol. The summed E-state index contributed by atoms with van der Waals surface area (Å²) in [6, 6.07) is 0.257. The molecule has 7 atom stereocenters. The van der Waals surface area contributed by atoms with E-state index in [-0.39, 0.29) is 49.8 Å². The second-order valence-electron chi connectivity index (χ2n) is 18.2. The summed E-state index contributed by atoms with van der Waals surface area (Å²) in [4.78, 5) is 57.7. The second-order valence-corrected chi connectivity index (χ2v) is 20.7. The number of likely N-dealkylation sites (N-methyl/N-ethyl adjacent to an activating group) is 1. The van der Waals surface area contributed by atoms with E-state index in [4.69, 9.17) is 14.7 Å². The van der Waals surface area contributed by atoms with Gasteiger partial charge >= 0.3 is 12.0 Å². The smallest absolute Gasteiger partial charge is 0.331 e. The fourth-order valence-electron chi connectivity index (χ4n) is 7.03. The molecule has 14 heteroatoms. The van der Waals surface area contributed by atoms with Gasteiger partial charge in [0, 0.05) is 24.5 Å². The highest BCUT2D eigenvalue weighted by Gasteiger charge is 2.42. The maximum absolute atomic E-state index is 12.8. The predicted molar refractivity (Wildman–Crippen MR) is 251 cm³/mol. The molecule has 0 radical (unpaired) electrons. The number of amides is 3. The van der Waals surface area contributed by atoms with E-state index in [0.717, 1.165) is 60.8 Å². The highest BCUT2D eigenvalue weighted by molar-refractivity contribution is 8.00. The van der Waals surface area contributed by atoms with Crippen molar-refractivity contribution in [1.82, 2.24) is 15.5 Å². The van der Waals surface area contributed by atoms with Gasteiger partial charge in [-0.3, -0.25) is 9.36 Å². The lowest BCUT2D eigenvalue weighted by molar-refractivity contribution is -0.220. The minimum atomic E-state index is -4.68. The van der Waals surface area contributed by atoms with Crippen molar-refractivity contribution in [3.05, 3.63) is 34.9 Å². The molecule has 0 aromatic carbocycles. The number of hydrogen-bond acceptors (Lipinski definition) is 9. The number of unbranched alkanes of at least 4 members (excludes halogenated alkanes) is 1. The Bertz CT molecular complexity index is 1390. The van der Waals surface area contributed by atoms with Crippen LogP contribution in [0.25, 0.3) is 0 Å². The zero-order chi connectivity index (χ0) is 46.6. The third-order valence-electron chi connectivity index (χ3n) is 11.4. The Labute approximate surface area is 375 Å². The van der Waals surface area contributed by atoms with E-state index in [2.05, 4.69) is 68.9 Å². The summed E-state index contributed by atoms with van der Waals surface area (Å²) < 4.78 is 20.5. The van der Waals surface area contributed by atoms with Crippen LogP contribution in [0.5, 0.6) is 0 Å².